The molecule has 1 aliphatic rings. The van der Waals surface area contributed by atoms with Crippen molar-refractivity contribution in [3.63, 3.8) is 0 Å². The number of oxime groups is 1. The Morgan fingerprint density at radius 1 is 1.00 bits per heavy atom. The molecule has 3 rings (SSSR count). The summed E-state index contributed by atoms with van der Waals surface area (Å²) in [5.74, 6) is -0.670. The number of nitrogens with two attached hydrogens (primary N) is 2. The first-order valence-electron chi connectivity index (χ1n) is 12.6. The molecule has 0 saturated carbocycles. The van der Waals surface area contributed by atoms with E-state index < -0.39 is 35.9 Å². The van der Waals surface area contributed by atoms with E-state index in [-0.39, 0.29) is 75.8 Å². The molecule has 2 aromatic carbocycles. The molecule has 0 aromatic heterocycles. The molecule has 41 heavy (non-hydrogen) atoms. The first kappa shape index (κ1) is 33.9. The van der Waals surface area contributed by atoms with Gasteiger partial charge in [0.25, 0.3) is 0 Å². The Hall–Kier alpha value is -3.27. The highest BCUT2D eigenvalue weighted by Gasteiger charge is 2.36. The van der Waals surface area contributed by atoms with Crippen LogP contribution in [-0.4, -0.2) is 66.0 Å². The molecule has 0 atom stereocenters. The monoisotopic (exact) mass is 634 g/mol. The first-order valence-corrected chi connectivity index (χ1v) is 15.4. The molecular weight excluding hydrogens is 600 g/mol. The fraction of sp³-hybridized carbons (Fsp3) is 0.440. The Kier molecular flexibility index (Phi) is 12.5. The maximum absolute atomic E-state index is 13.5. The maximum atomic E-state index is 13.5. The van der Waals surface area contributed by atoms with E-state index in [1.54, 1.807) is 19.9 Å². The van der Waals surface area contributed by atoms with E-state index in [9.17, 15) is 21.6 Å². The number of piperidine rings is 1. The van der Waals surface area contributed by atoms with Crippen molar-refractivity contribution in [2.75, 3.05) is 32.9 Å². The van der Waals surface area contributed by atoms with Crippen molar-refractivity contribution in [1.29, 1.82) is 0 Å². The summed E-state index contributed by atoms with van der Waals surface area (Å²) in [6, 6.07) is 9.82. The molecule has 1 fully saturated rings. The van der Waals surface area contributed by atoms with Crippen LogP contribution in [0.25, 0.3) is 0 Å². The molecule has 2 aromatic rings. The third kappa shape index (κ3) is 9.38. The minimum absolute atomic E-state index is 0. The fourth-order valence-corrected chi connectivity index (χ4v) is 7.22. The topological polar surface area (TPSA) is 190 Å². The Labute approximate surface area is 246 Å². The minimum atomic E-state index is -4.57. The van der Waals surface area contributed by atoms with Crippen molar-refractivity contribution in [2.45, 2.75) is 42.9 Å². The third-order valence-corrected chi connectivity index (χ3v) is 9.25. The second kappa shape index (κ2) is 15.1. The summed E-state index contributed by atoms with van der Waals surface area (Å²) in [5, 5.41) is 3.40. The first-order chi connectivity index (χ1) is 18.9. The van der Waals surface area contributed by atoms with Crippen LogP contribution in [0.3, 0.4) is 0 Å². The number of nitrogens with zero attached hydrogens (tertiary/aromatic N) is 2. The summed E-state index contributed by atoms with van der Waals surface area (Å²) in [4.78, 5) is 16.0. The van der Waals surface area contributed by atoms with E-state index in [2.05, 4.69) is 5.16 Å². The lowest BCUT2D eigenvalue weighted by Crippen LogP contribution is -2.41. The predicted octanol–water partition coefficient (Wildman–Crippen LogP) is 2.12. The number of sulfonamides is 1. The lowest BCUT2D eigenvalue weighted by Gasteiger charge is -2.30. The van der Waals surface area contributed by atoms with E-state index in [0.717, 1.165) is 0 Å². The van der Waals surface area contributed by atoms with Gasteiger partial charge in [0, 0.05) is 25.6 Å². The van der Waals surface area contributed by atoms with Gasteiger partial charge in [0.15, 0.2) is 0 Å². The standard InChI is InChI=1S/C25H34N4O9S2.ClH/c1-3-35-24(30)19-9-11-29(12-10-19)39(31,32)22-7-4-5-8-23(22)40(33,34)38-21-16-18(2)15-20(17-21)36-13-6-14-37-28-25(26)27;/h4-5,7-8,15-17,19H,3,6,9-14H2,1-2H3,(H4,26,27,28);1H. The van der Waals surface area contributed by atoms with Crippen LogP contribution in [0.5, 0.6) is 11.5 Å². The van der Waals surface area contributed by atoms with E-state index in [1.165, 1.54) is 40.7 Å². The number of ether oxygens (including phenoxy) is 2. The molecule has 0 bridgehead atoms. The Balaban J connectivity index is 0.00000588. The lowest BCUT2D eigenvalue weighted by atomic mass is 9.98. The van der Waals surface area contributed by atoms with Crippen molar-refractivity contribution in [3.8, 4) is 11.5 Å². The smallest absolute Gasteiger partial charge is 0.340 e. The van der Waals surface area contributed by atoms with Gasteiger partial charge in [-0.1, -0.05) is 12.1 Å². The van der Waals surface area contributed by atoms with Crippen LogP contribution < -0.4 is 20.4 Å². The highest BCUT2D eigenvalue weighted by atomic mass is 35.5. The quantitative estimate of drug-likeness (QED) is 0.0819. The number of rotatable bonds is 13. The Morgan fingerprint density at radius 3 is 2.27 bits per heavy atom. The van der Waals surface area contributed by atoms with Crippen LogP contribution in [-0.2, 0) is 34.5 Å². The van der Waals surface area contributed by atoms with Gasteiger partial charge in [-0.25, -0.2) is 8.42 Å². The van der Waals surface area contributed by atoms with Gasteiger partial charge in [0.1, 0.15) is 27.9 Å². The second-order valence-electron chi connectivity index (χ2n) is 8.95. The van der Waals surface area contributed by atoms with E-state index in [4.69, 9.17) is 30.0 Å². The molecule has 16 heteroatoms. The van der Waals surface area contributed by atoms with Crippen LogP contribution in [0.4, 0.5) is 0 Å². The Bertz CT molecular complexity index is 1420. The van der Waals surface area contributed by atoms with Gasteiger partial charge in [0.05, 0.1) is 19.1 Å². The lowest BCUT2D eigenvalue weighted by molar-refractivity contribution is -0.149. The average Bonchev–Trinajstić information content (AvgIpc) is 2.90. The van der Waals surface area contributed by atoms with Crippen LogP contribution >= 0.6 is 12.4 Å². The van der Waals surface area contributed by atoms with Gasteiger partial charge in [-0.15, -0.1) is 12.4 Å². The zero-order valence-corrected chi connectivity index (χ0v) is 25.2. The van der Waals surface area contributed by atoms with Crippen molar-refractivity contribution in [1.82, 2.24) is 4.31 Å². The number of hydrogen-bond acceptors (Lipinski definition) is 10. The van der Waals surface area contributed by atoms with Gasteiger partial charge in [-0.05, 0) is 61.7 Å². The number of carbonyl (C=O) groups is 1. The fourth-order valence-electron chi connectivity index (χ4n) is 4.05. The van der Waals surface area contributed by atoms with Gasteiger partial charge in [0.2, 0.25) is 16.0 Å². The third-order valence-electron chi connectivity index (χ3n) is 5.86. The number of esters is 1. The van der Waals surface area contributed by atoms with E-state index in [0.29, 0.717) is 17.7 Å². The van der Waals surface area contributed by atoms with Crippen molar-refractivity contribution >= 4 is 44.5 Å². The number of carbonyl (C=O) groups excluding carboxylic acids is 1. The average molecular weight is 635 g/mol. The van der Waals surface area contributed by atoms with Crippen LogP contribution in [0, 0.1) is 12.8 Å². The summed E-state index contributed by atoms with van der Waals surface area (Å²) in [7, 11) is -8.78. The van der Waals surface area contributed by atoms with Gasteiger partial charge in [-0.2, -0.15) is 12.7 Å². The highest BCUT2D eigenvalue weighted by molar-refractivity contribution is 7.91. The highest BCUT2D eigenvalue weighted by Crippen LogP contribution is 2.31. The van der Waals surface area contributed by atoms with Crippen LogP contribution in [0.2, 0.25) is 0 Å². The molecule has 228 valence electrons. The molecule has 0 spiro atoms. The molecule has 4 N–H and O–H groups in total. The summed E-state index contributed by atoms with van der Waals surface area (Å²) in [6.45, 7) is 4.21. The van der Waals surface area contributed by atoms with Crippen LogP contribution in [0.1, 0.15) is 31.7 Å². The second-order valence-corrected chi connectivity index (χ2v) is 12.4. The molecule has 0 radical (unpaired) electrons. The number of guanidine groups is 1. The minimum Gasteiger partial charge on any atom is -0.493 e. The van der Waals surface area contributed by atoms with Crippen molar-refractivity contribution in [3.05, 3.63) is 48.0 Å². The van der Waals surface area contributed by atoms with Crippen LogP contribution in [0.15, 0.2) is 57.4 Å². The Morgan fingerprint density at radius 2 is 1.63 bits per heavy atom. The van der Waals surface area contributed by atoms with Crippen molar-refractivity contribution in [2.24, 2.45) is 22.5 Å². The zero-order chi connectivity index (χ0) is 29.3. The SMILES string of the molecule is CCOC(=O)C1CCN(S(=O)(=O)c2ccccc2S(=O)(=O)Oc2cc(C)cc(OCCCON=C(N)N)c2)CC1.Cl. The molecule has 1 saturated heterocycles. The molecule has 0 unspecified atom stereocenters. The zero-order valence-electron chi connectivity index (χ0n) is 22.7. The molecule has 1 aliphatic heterocycles. The molecular formula is C25H35ClN4O9S2. The van der Waals surface area contributed by atoms with Crippen molar-refractivity contribution < 1.29 is 40.1 Å². The van der Waals surface area contributed by atoms with E-state index >= 15 is 0 Å². The number of aryl methyl sites for hydroxylation is 1. The summed E-state index contributed by atoms with van der Waals surface area (Å²) >= 11 is 0. The van der Waals surface area contributed by atoms with Gasteiger partial charge in [-0.3, -0.25) is 4.79 Å². The molecule has 0 aliphatic carbocycles. The van der Waals surface area contributed by atoms with E-state index in [1.807, 2.05) is 0 Å². The molecule has 13 nitrogen and oxygen atoms in total. The number of hydrogen-bond donors (Lipinski definition) is 2. The molecule has 0 amide bonds. The maximum Gasteiger partial charge on any atom is 0.340 e. The summed E-state index contributed by atoms with van der Waals surface area (Å²) in [5.41, 5.74) is 11.0. The van der Waals surface area contributed by atoms with Gasteiger partial charge < -0.3 is 30.0 Å². The van der Waals surface area contributed by atoms with Gasteiger partial charge >= 0.3 is 16.1 Å². The normalized spacial score (nSPS) is 14.4. The number of benzene rings is 2. The summed E-state index contributed by atoms with van der Waals surface area (Å²) < 4.78 is 70.8. The largest absolute Gasteiger partial charge is 0.493 e. The summed E-state index contributed by atoms with van der Waals surface area (Å²) in [6.07, 6.45) is 0.993. The predicted molar refractivity (Wildman–Crippen MR) is 153 cm³/mol. The number of halogens is 1. The molecule has 1 heterocycles.